The summed E-state index contributed by atoms with van der Waals surface area (Å²) < 4.78 is 0.760. The van der Waals surface area contributed by atoms with E-state index in [1.807, 2.05) is 19.0 Å². The Kier molecular flexibility index (Phi) is 3.79. The number of hydrogen-bond donors (Lipinski definition) is 2. The molecule has 1 aliphatic rings. The van der Waals surface area contributed by atoms with Gasteiger partial charge in [0.05, 0.1) is 0 Å². The number of aromatic nitrogens is 2. The van der Waals surface area contributed by atoms with Crippen molar-refractivity contribution in [1.29, 1.82) is 0 Å². The monoisotopic (exact) mass is 288 g/mol. The van der Waals surface area contributed by atoms with Crippen molar-refractivity contribution in [3.05, 3.63) is 0 Å². The lowest BCUT2D eigenvalue weighted by molar-refractivity contribution is -0.143. The highest BCUT2D eigenvalue weighted by atomic mass is 32.2. The number of thioether (sulfide) groups is 1. The first-order valence-corrected chi connectivity index (χ1v) is 7.39. The van der Waals surface area contributed by atoms with Gasteiger partial charge in [-0.3, -0.25) is 4.79 Å². The van der Waals surface area contributed by atoms with Gasteiger partial charge in [-0.05, 0) is 18.8 Å². The number of nitrogens with two attached hydrogens (primary N) is 1. The van der Waals surface area contributed by atoms with Gasteiger partial charge in [0, 0.05) is 19.8 Å². The van der Waals surface area contributed by atoms with Gasteiger partial charge in [-0.25, -0.2) is 0 Å². The molecule has 0 radical (unpaired) electrons. The van der Waals surface area contributed by atoms with Crippen LogP contribution in [-0.4, -0.2) is 46.7 Å². The van der Waals surface area contributed by atoms with E-state index in [2.05, 4.69) is 10.2 Å². The van der Waals surface area contributed by atoms with Crippen LogP contribution in [0.2, 0.25) is 0 Å². The van der Waals surface area contributed by atoms with Crippen LogP contribution >= 0.6 is 23.1 Å². The van der Waals surface area contributed by atoms with E-state index in [9.17, 15) is 9.90 Å². The maximum atomic E-state index is 11.3. The van der Waals surface area contributed by atoms with E-state index in [-0.39, 0.29) is 5.92 Å². The zero-order valence-corrected chi connectivity index (χ0v) is 11.9. The quantitative estimate of drug-likeness (QED) is 0.751. The van der Waals surface area contributed by atoms with Gasteiger partial charge in [-0.1, -0.05) is 23.1 Å². The molecule has 0 aromatic carbocycles. The summed E-state index contributed by atoms with van der Waals surface area (Å²) in [4.78, 5) is 13.1. The van der Waals surface area contributed by atoms with Crippen LogP contribution in [0.15, 0.2) is 4.34 Å². The van der Waals surface area contributed by atoms with Gasteiger partial charge in [-0.2, -0.15) is 0 Å². The molecule has 0 bridgehead atoms. The third-order valence-corrected chi connectivity index (χ3v) is 5.36. The highest BCUT2D eigenvalue weighted by molar-refractivity contribution is 8.01. The van der Waals surface area contributed by atoms with Gasteiger partial charge in [0.25, 0.3) is 0 Å². The topological polar surface area (TPSA) is 92.3 Å². The third-order valence-electron chi connectivity index (χ3n) is 2.92. The van der Waals surface area contributed by atoms with Crippen LogP contribution in [0.5, 0.6) is 0 Å². The molecule has 1 atom stereocenters. The number of carboxylic acid groups (broad SMARTS) is 1. The number of carbonyl (C=O) groups is 1. The zero-order valence-electron chi connectivity index (χ0n) is 10.3. The molecule has 1 unspecified atom stereocenters. The smallest absolute Gasteiger partial charge is 0.324 e. The molecule has 1 saturated carbocycles. The summed E-state index contributed by atoms with van der Waals surface area (Å²) in [6, 6.07) is 0. The Balaban J connectivity index is 1.99. The number of anilines is 1. The minimum Gasteiger partial charge on any atom is -0.480 e. The van der Waals surface area contributed by atoms with Gasteiger partial charge in [0.1, 0.15) is 5.54 Å². The molecule has 1 heterocycles. The van der Waals surface area contributed by atoms with Crippen LogP contribution in [-0.2, 0) is 4.79 Å². The number of rotatable bonds is 6. The SMILES string of the molecule is CN(C)c1nnc(SCC(N)(C(=O)O)C2CC2)s1. The van der Waals surface area contributed by atoms with Gasteiger partial charge >= 0.3 is 5.97 Å². The van der Waals surface area contributed by atoms with E-state index < -0.39 is 11.5 Å². The summed E-state index contributed by atoms with van der Waals surface area (Å²) in [7, 11) is 3.78. The Morgan fingerprint density at radius 1 is 1.61 bits per heavy atom. The van der Waals surface area contributed by atoms with Crippen molar-refractivity contribution in [1.82, 2.24) is 10.2 Å². The molecule has 0 spiro atoms. The second-order valence-corrected chi connectivity index (χ2v) is 6.83. The van der Waals surface area contributed by atoms with Gasteiger partial charge in [0.15, 0.2) is 4.34 Å². The molecule has 18 heavy (non-hydrogen) atoms. The lowest BCUT2D eigenvalue weighted by Crippen LogP contribution is -2.52. The summed E-state index contributed by atoms with van der Waals surface area (Å²) in [5.74, 6) is -0.478. The fourth-order valence-corrected chi connectivity index (χ4v) is 3.53. The first kappa shape index (κ1) is 13.6. The third kappa shape index (κ3) is 2.76. The first-order chi connectivity index (χ1) is 8.43. The van der Waals surface area contributed by atoms with Crippen molar-refractivity contribution in [2.75, 3.05) is 24.7 Å². The predicted octanol–water partition coefficient (Wildman–Crippen LogP) is 0.888. The highest BCUT2D eigenvalue weighted by Crippen LogP contribution is 2.41. The van der Waals surface area contributed by atoms with Crippen molar-refractivity contribution in [2.24, 2.45) is 11.7 Å². The Bertz CT molecular complexity index is 447. The van der Waals surface area contributed by atoms with E-state index in [1.54, 1.807) is 0 Å². The minimum absolute atomic E-state index is 0.101. The maximum absolute atomic E-state index is 11.3. The average molecular weight is 288 g/mol. The van der Waals surface area contributed by atoms with Crippen LogP contribution < -0.4 is 10.6 Å². The Morgan fingerprint density at radius 3 is 2.72 bits per heavy atom. The van der Waals surface area contributed by atoms with Crippen molar-refractivity contribution in [3.63, 3.8) is 0 Å². The Hall–Kier alpha value is -0.860. The van der Waals surface area contributed by atoms with Crippen LogP contribution in [0.1, 0.15) is 12.8 Å². The fraction of sp³-hybridized carbons (Fsp3) is 0.700. The summed E-state index contributed by atoms with van der Waals surface area (Å²) >= 11 is 2.82. The van der Waals surface area contributed by atoms with E-state index in [0.717, 1.165) is 22.3 Å². The summed E-state index contributed by atoms with van der Waals surface area (Å²) in [6.07, 6.45) is 1.81. The number of hydrogen-bond acceptors (Lipinski definition) is 7. The van der Waals surface area contributed by atoms with Gasteiger partial charge in [-0.15, -0.1) is 10.2 Å². The molecule has 1 aliphatic carbocycles. The van der Waals surface area contributed by atoms with E-state index in [0.29, 0.717) is 5.75 Å². The molecule has 2 rings (SSSR count). The normalized spacial score (nSPS) is 18.4. The number of carboxylic acids is 1. The Labute approximate surface area is 114 Å². The van der Waals surface area contributed by atoms with E-state index in [1.165, 1.54) is 23.1 Å². The largest absolute Gasteiger partial charge is 0.480 e. The second-order valence-electron chi connectivity index (χ2n) is 4.65. The summed E-state index contributed by atoms with van der Waals surface area (Å²) in [5, 5.41) is 18.1. The summed E-state index contributed by atoms with van der Waals surface area (Å²) in [6.45, 7) is 0. The zero-order chi connectivity index (χ0) is 13.3. The lowest BCUT2D eigenvalue weighted by atomic mass is 9.98. The van der Waals surface area contributed by atoms with E-state index >= 15 is 0 Å². The fourth-order valence-electron chi connectivity index (χ4n) is 1.58. The van der Waals surface area contributed by atoms with Crippen molar-refractivity contribution in [2.45, 2.75) is 22.7 Å². The van der Waals surface area contributed by atoms with Gasteiger partial charge in [0.2, 0.25) is 5.13 Å². The van der Waals surface area contributed by atoms with Crippen molar-refractivity contribution < 1.29 is 9.90 Å². The Morgan fingerprint density at radius 2 is 2.28 bits per heavy atom. The molecule has 0 amide bonds. The van der Waals surface area contributed by atoms with E-state index in [4.69, 9.17) is 5.73 Å². The standard InChI is InChI=1S/C10H16N4O2S2/c1-14(2)8-12-13-9(18-8)17-5-10(11,7(15)16)6-3-4-6/h6H,3-5,11H2,1-2H3,(H,15,16). The van der Waals surface area contributed by atoms with Crippen molar-refractivity contribution >= 4 is 34.2 Å². The molecule has 1 aromatic heterocycles. The predicted molar refractivity (Wildman–Crippen MR) is 72.2 cm³/mol. The lowest BCUT2D eigenvalue weighted by Gasteiger charge is -2.23. The van der Waals surface area contributed by atoms with Crippen LogP contribution in [0.3, 0.4) is 0 Å². The molecule has 100 valence electrons. The van der Waals surface area contributed by atoms with Crippen LogP contribution in [0.25, 0.3) is 0 Å². The molecule has 1 fully saturated rings. The number of nitrogens with zero attached hydrogens (tertiary/aromatic N) is 3. The average Bonchev–Trinajstić information content (AvgIpc) is 3.05. The molecule has 6 nitrogen and oxygen atoms in total. The molecule has 0 saturated heterocycles. The van der Waals surface area contributed by atoms with Crippen LogP contribution in [0.4, 0.5) is 5.13 Å². The van der Waals surface area contributed by atoms with Crippen LogP contribution in [0, 0.1) is 5.92 Å². The maximum Gasteiger partial charge on any atom is 0.324 e. The second kappa shape index (κ2) is 5.02. The minimum atomic E-state index is -1.13. The highest BCUT2D eigenvalue weighted by Gasteiger charge is 2.48. The molecule has 8 heteroatoms. The molecule has 3 N–H and O–H groups in total. The molecule has 1 aromatic rings. The molecular formula is C10H16N4O2S2. The molecule has 0 aliphatic heterocycles. The van der Waals surface area contributed by atoms with Crippen molar-refractivity contribution in [3.8, 4) is 0 Å². The summed E-state index contributed by atoms with van der Waals surface area (Å²) in [5.41, 5.74) is 4.86. The number of aliphatic carboxylic acids is 1. The molecular weight excluding hydrogens is 272 g/mol. The van der Waals surface area contributed by atoms with Gasteiger partial charge < -0.3 is 15.7 Å². The first-order valence-electron chi connectivity index (χ1n) is 5.59.